The van der Waals surface area contributed by atoms with Crippen LogP contribution in [0.15, 0.2) is 11.8 Å². The normalized spacial score (nSPS) is 22.5. The molecule has 0 saturated heterocycles. The first kappa shape index (κ1) is 22.0. The van der Waals surface area contributed by atoms with Crippen LogP contribution in [0.25, 0.3) is 0 Å². The first-order valence-corrected chi connectivity index (χ1v) is 13.7. The number of hydrogen-bond donors (Lipinski definition) is 0. The lowest BCUT2D eigenvalue weighted by Crippen LogP contribution is -2.45. The van der Waals surface area contributed by atoms with Crippen molar-refractivity contribution in [1.82, 2.24) is 0 Å². The lowest BCUT2D eigenvalue weighted by molar-refractivity contribution is -0.155. The highest BCUT2D eigenvalue weighted by molar-refractivity contribution is 14.1. The SMILES string of the molecule is CCOC(=O)C1(CCCI)CCCCC=C1O[Si](C)(C)C(C)(C)C. The van der Waals surface area contributed by atoms with Gasteiger partial charge in [-0.3, -0.25) is 4.79 Å². The van der Waals surface area contributed by atoms with Crippen LogP contribution in [0.2, 0.25) is 18.1 Å². The molecule has 0 amide bonds. The summed E-state index contributed by atoms with van der Waals surface area (Å²) in [5, 5.41) is 0.115. The second-order valence-electron chi connectivity index (χ2n) is 8.27. The maximum Gasteiger partial charge on any atom is 0.319 e. The van der Waals surface area contributed by atoms with Crippen LogP contribution in [-0.4, -0.2) is 25.3 Å². The molecule has 1 aliphatic rings. The van der Waals surface area contributed by atoms with E-state index in [1.807, 2.05) is 6.92 Å². The Morgan fingerprint density at radius 1 is 1.33 bits per heavy atom. The predicted octanol–water partition coefficient (Wildman–Crippen LogP) is 6.23. The highest BCUT2D eigenvalue weighted by atomic mass is 127. The maximum absolute atomic E-state index is 13.0. The van der Waals surface area contributed by atoms with Crippen molar-refractivity contribution in [2.45, 2.75) is 84.4 Å². The molecule has 1 aliphatic carbocycles. The fraction of sp³-hybridized carbons (Fsp3) is 0.842. The van der Waals surface area contributed by atoms with E-state index in [0.29, 0.717) is 6.61 Å². The van der Waals surface area contributed by atoms with E-state index in [-0.39, 0.29) is 11.0 Å². The number of carbonyl (C=O) groups excluding carboxylic acids is 1. The lowest BCUT2D eigenvalue weighted by atomic mass is 9.78. The predicted molar refractivity (Wildman–Crippen MR) is 112 cm³/mol. The first-order chi connectivity index (χ1) is 11.1. The molecule has 0 radical (unpaired) electrons. The van der Waals surface area contributed by atoms with Gasteiger partial charge in [0.15, 0.2) is 0 Å². The largest absolute Gasteiger partial charge is 0.546 e. The van der Waals surface area contributed by atoms with Crippen LogP contribution in [0, 0.1) is 5.41 Å². The lowest BCUT2D eigenvalue weighted by Gasteiger charge is -2.42. The number of halogens is 1. The molecule has 5 heteroatoms. The number of alkyl halides is 1. The first-order valence-electron chi connectivity index (χ1n) is 9.23. The van der Waals surface area contributed by atoms with Crippen LogP contribution in [-0.2, 0) is 14.0 Å². The summed E-state index contributed by atoms with van der Waals surface area (Å²) in [6, 6.07) is 0. The zero-order valence-electron chi connectivity index (χ0n) is 16.3. The average molecular weight is 466 g/mol. The molecule has 0 N–H and O–H groups in total. The Morgan fingerprint density at radius 3 is 2.54 bits per heavy atom. The van der Waals surface area contributed by atoms with Crippen molar-refractivity contribution in [2.75, 3.05) is 11.0 Å². The number of esters is 1. The van der Waals surface area contributed by atoms with Gasteiger partial charge in [0.2, 0.25) is 8.32 Å². The van der Waals surface area contributed by atoms with E-state index in [1.165, 1.54) is 0 Å². The maximum atomic E-state index is 13.0. The molecule has 0 aliphatic heterocycles. The summed E-state index contributed by atoms with van der Waals surface area (Å²) in [5.41, 5.74) is -0.576. The van der Waals surface area contributed by atoms with Crippen LogP contribution in [0.3, 0.4) is 0 Å². The Bertz CT molecular complexity index is 454. The quantitative estimate of drug-likeness (QED) is 0.193. The van der Waals surface area contributed by atoms with Gasteiger partial charge in [0.1, 0.15) is 5.41 Å². The van der Waals surface area contributed by atoms with Gasteiger partial charge >= 0.3 is 5.97 Å². The molecule has 0 aromatic carbocycles. The zero-order valence-corrected chi connectivity index (χ0v) is 19.5. The second-order valence-corrected chi connectivity index (χ2v) is 14.1. The van der Waals surface area contributed by atoms with E-state index in [1.54, 1.807) is 0 Å². The molecule has 0 aromatic heterocycles. The molecule has 1 rings (SSSR count). The second kappa shape index (κ2) is 9.06. The van der Waals surface area contributed by atoms with Gasteiger partial charge in [-0.1, -0.05) is 49.8 Å². The molecular formula is C19H35IO3Si. The highest BCUT2D eigenvalue weighted by Crippen LogP contribution is 2.47. The Kier molecular flexibility index (Phi) is 8.30. The molecule has 140 valence electrons. The molecule has 1 unspecified atom stereocenters. The molecule has 0 saturated carbocycles. The summed E-state index contributed by atoms with van der Waals surface area (Å²) in [6.07, 6.45) is 8.05. The average Bonchev–Trinajstić information content (AvgIpc) is 2.67. The van der Waals surface area contributed by atoms with E-state index in [4.69, 9.17) is 9.16 Å². The van der Waals surface area contributed by atoms with Crippen LogP contribution in [0.5, 0.6) is 0 Å². The van der Waals surface area contributed by atoms with E-state index >= 15 is 0 Å². The third-order valence-corrected chi connectivity index (χ3v) is 10.5. The highest BCUT2D eigenvalue weighted by Gasteiger charge is 2.48. The molecule has 0 aromatic rings. The molecule has 0 heterocycles. The topological polar surface area (TPSA) is 35.5 Å². The molecule has 24 heavy (non-hydrogen) atoms. The van der Waals surface area contributed by atoms with Gasteiger partial charge in [-0.2, -0.15) is 0 Å². The van der Waals surface area contributed by atoms with Crippen LogP contribution in [0.4, 0.5) is 0 Å². The summed E-state index contributed by atoms with van der Waals surface area (Å²) < 4.78 is 13.3. The molecular weight excluding hydrogens is 431 g/mol. The molecule has 1 atom stereocenters. The third kappa shape index (κ3) is 5.23. The fourth-order valence-electron chi connectivity index (χ4n) is 2.88. The summed E-state index contributed by atoms with van der Waals surface area (Å²) in [6.45, 7) is 13.6. The van der Waals surface area contributed by atoms with Crippen LogP contribution >= 0.6 is 22.6 Å². The van der Waals surface area contributed by atoms with Gasteiger partial charge in [0.25, 0.3) is 0 Å². The standard InChI is InChI=1S/C19H35IO3Si/c1-7-22-17(21)19(14-11-15-20)13-10-8-9-12-16(19)23-24(5,6)18(2,3)4/h12H,7-11,13-15H2,1-6H3. The van der Waals surface area contributed by atoms with Gasteiger partial charge < -0.3 is 9.16 Å². The van der Waals surface area contributed by atoms with E-state index < -0.39 is 13.7 Å². The van der Waals surface area contributed by atoms with Gasteiger partial charge in [0, 0.05) is 0 Å². The number of carbonyl (C=O) groups is 1. The number of rotatable bonds is 7. The minimum atomic E-state index is -1.99. The Hall–Kier alpha value is -0.0431. The van der Waals surface area contributed by atoms with Gasteiger partial charge in [0.05, 0.1) is 12.4 Å². The number of hydrogen-bond acceptors (Lipinski definition) is 3. The monoisotopic (exact) mass is 466 g/mol. The van der Waals surface area contributed by atoms with Crippen LogP contribution in [0.1, 0.15) is 66.2 Å². The summed E-state index contributed by atoms with van der Waals surface area (Å²) in [7, 11) is -1.99. The van der Waals surface area contributed by atoms with E-state index in [0.717, 1.165) is 48.7 Å². The summed E-state index contributed by atoms with van der Waals surface area (Å²) >= 11 is 2.39. The Morgan fingerprint density at radius 2 is 2.00 bits per heavy atom. The summed E-state index contributed by atoms with van der Waals surface area (Å²) in [5.74, 6) is 0.830. The summed E-state index contributed by atoms with van der Waals surface area (Å²) in [4.78, 5) is 13.0. The Labute approximate surface area is 163 Å². The minimum Gasteiger partial charge on any atom is -0.546 e. The van der Waals surface area contributed by atoms with Crippen molar-refractivity contribution in [2.24, 2.45) is 5.41 Å². The van der Waals surface area contributed by atoms with Crippen molar-refractivity contribution in [3.63, 3.8) is 0 Å². The minimum absolute atomic E-state index is 0.0818. The molecule has 0 spiro atoms. The van der Waals surface area contributed by atoms with Crippen molar-refractivity contribution in [3.05, 3.63) is 11.8 Å². The van der Waals surface area contributed by atoms with E-state index in [9.17, 15) is 4.79 Å². The van der Waals surface area contributed by atoms with Crippen molar-refractivity contribution in [3.8, 4) is 0 Å². The van der Waals surface area contributed by atoms with Gasteiger partial charge in [-0.05, 0) is 67.7 Å². The van der Waals surface area contributed by atoms with Gasteiger partial charge in [-0.25, -0.2) is 0 Å². The molecule has 0 fully saturated rings. The van der Waals surface area contributed by atoms with Gasteiger partial charge in [-0.15, -0.1) is 0 Å². The van der Waals surface area contributed by atoms with Crippen molar-refractivity contribution >= 4 is 36.9 Å². The number of ether oxygens (including phenoxy) is 1. The third-order valence-electron chi connectivity index (χ3n) is 5.43. The Balaban J connectivity index is 3.25. The smallest absolute Gasteiger partial charge is 0.319 e. The zero-order chi connectivity index (χ0) is 18.4. The number of allylic oxidation sites excluding steroid dienone is 1. The van der Waals surface area contributed by atoms with E-state index in [2.05, 4.69) is 62.5 Å². The van der Waals surface area contributed by atoms with Crippen LogP contribution < -0.4 is 0 Å². The van der Waals surface area contributed by atoms with Crippen molar-refractivity contribution in [1.29, 1.82) is 0 Å². The molecule has 0 bridgehead atoms. The van der Waals surface area contributed by atoms with Crippen molar-refractivity contribution < 1.29 is 14.0 Å². The fourth-order valence-corrected chi connectivity index (χ4v) is 4.40. The molecule has 3 nitrogen and oxygen atoms in total.